The molecule has 0 N–H and O–H groups in total. The van der Waals surface area contributed by atoms with Crippen molar-refractivity contribution in [1.29, 1.82) is 0 Å². The molecule has 0 saturated carbocycles. The molecule has 0 bridgehead atoms. The fraction of sp³-hybridized carbons (Fsp3) is 0.556. The zero-order valence-corrected chi connectivity index (χ0v) is 24.0. The third kappa shape index (κ3) is 7.22. The Bertz CT molecular complexity index is 842. The lowest BCUT2D eigenvalue weighted by molar-refractivity contribution is 0.234. The molecular weight excluding hydrogens is 428 g/mol. The number of hydrogen-bond acceptors (Lipinski definition) is 3. The van der Waals surface area contributed by atoms with E-state index >= 15 is 0 Å². The second kappa shape index (κ2) is 10.1. The van der Waals surface area contributed by atoms with Gasteiger partial charge < -0.3 is 13.6 Å². The molecule has 0 spiro atoms. The Labute approximate surface area is 198 Å². The van der Waals surface area contributed by atoms with Crippen molar-refractivity contribution < 1.29 is 13.6 Å². The van der Waals surface area contributed by atoms with Crippen LogP contribution >= 0.6 is 0 Å². The van der Waals surface area contributed by atoms with E-state index < -0.39 is 16.6 Å². The molecule has 0 atom stereocenters. The molecule has 0 aliphatic rings. The van der Waals surface area contributed by atoms with E-state index in [1.807, 2.05) is 12.1 Å². The molecule has 2 rings (SSSR count). The summed E-state index contributed by atoms with van der Waals surface area (Å²) in [6.07, 6.45) is 0.907. The van der Waals surface area contributed by atoms with Crippen molar-refractivity contribution in [2.75, 3.05) is 13.2 Å². The van der Waals surface area contributed by atoms with E-state index in [4.69, 9.17) is 13.6 Å². The molecule has 0 saturated heterocycles. The van der Waals surface area contributed by atoms with Crippen molar-refractivity contribution in [3.63, 3.8) is 0 Å². The fourth-order valence-corrected chi connectivity index (χ4v) is 4.82. The van der Waals surface area contributed by atoms with Gasteiger partial charge in [0.2, 0.25) is 8.32 Å². The summed E-state index contributed by atoms with van der Waals surface area (Å²) < 4.78 is 18.5. The normalized spacial score (nSPS) is 13.2. The van der Waals surface area contributed by atoms with E-state index in [-0.39, 0.29) is 10.1 Å². The average Bonchev–Trinajstić information content (AvgIpc) is 2.67. The highest BCUT2D eigenvalue weighted by Gasteiger charge is 2.39. The maximum absolute atomic E-state index is 6.39. The molecular formula is C27H44O3Si2. The van der Waals surface area contributed by atoms with E-state index in [0.717, 1.165) is 24.5 Å². The van der Waals surface area contributed by atoms with Crippen LogP contribution in [0, 0.1) is 0 Å². The minimum absolute atomic E-state index is 0.193. The van der Waals surface area contributed by atoms with Crippen LogP contribution in [0.25, 0.3) is 11.1 Å². The third-order valence-electron chi connectivity index (χ3n) is 7.05. The van der Waals surface area contributed by atoms with Gasteiger partial charge in [0.1, 0.15) is 11.5 Å². The first kappa shape index (κ1) is 26.7. The minimum atomic E-state index is -1.81. The molecule has 0 radical (unpaired) electrons. The number of ether oxygens (including phenoxy) is 1. The lowest BCUT2D eigenvalue weighted by Gasteiger charge is -2.36. The zero-order chi connectivity index (χ0) is 24.2. The molecule has 0 aliphatic carbocycles. The second-order valence-electron chi connectivity index (χ2n) is 11.7. The van der Waals surface area contributed by atoms with Gasteiger partial charge in [0.15, 0.2) is 8.32 Å². The maximum atomic E-state index is 6.39. The SMILES string of the molecule is CC(C)(C)[Si](C)(C)OCCCOc1ccc(-c2ccc(O[Si](C)(C)C(C)(C)C)cc2)cc1. The van der Waals surface area contributed by atoms with Gasteiger partial charge in [-0.1, -0.05) is 65.8 Å². The van der Waals surface area contributed by atoms with Crippen molar-refractivity contribution in [1.82, 2.24) is 0 Å². The van der Waals surface area contributed by atoms with Gasteiger partial charge in [-0.2, -0.15) is 0 Å². The summed E-state index contributed by atoms with van der Waals surface area (Å²) in [6.45, 7) is 24.2. The predicted octanol–water partition coefficient (Wildman–Crippen LogP) is 8.53. The smallest absolute Gasteiger partial charge is 0.250 e. The van der Waals surface area contributed by atoms with Gasteiger partial charge in [0.05, 0.1) is 6.61 Å². The van der Waals surface area contributed by atoms with E-state index in [1.54, 1.807) is 0 Å². The molecule has 0 unspecified atom stereocenters. The number of benzene rings is 2. The van der Waals surface area contributed by atoms with Gasteiger partial charge in [-0.15, -0.1) is 0 Å². The van der Waals surface area contributed by atoms with E-state index in [9.17, 15) is 0 Å². The van der Waals surface area contributed by atoms with Crippen LogP contribution in [-0.4, -0.2) is 29.8 Å². The highest BCUT2D eigenvalue weighted by atomic mass is 28.4. The van der Waals surface area contributed by atoms with Gasteiger partial charge >= 0.3 is 0 Å². The Hall–Kier alpha value is -1.57. The Kier molecular flexibility index (Phi) is 8.46. The first-order valence-electron chi connectivity index (χ1n) is 11.8. The summed E-state index contributed by atoms with van der Waals surface area (Å²) in [4.78, 5) is 0. The largest absolute Gasteiger partial charge is 0.544 e. The number of hydrogen-bond donors (Lipinski definition) is 0. The van der Waals surface area contributed by atoms with Crippen LogP contribution in [0.4, 0.5) is 0 Å². The van der Waals surface area contributed by atoms with E-state index in [0.29, 0.717) is 6.61 Å². The molecule has 0 aromatic heterocycles. The molecule has 5 heteroatoms. The van der Waals surface area contributed by atoms with Crippen LogP contribution in [0.1, 0.15) is 48.0 Å². The molecule has 32 heavy (non-hydrogen) atoms. The topological polar surface area (TPSA) is 27.7 Å². The summed E-state index contributed by atoms with van der Waals surface area (Å²) >= 11 is 0. The fourth-order valence-electron chi connectivity index (χ4n) is 2.70. The van der Waals surface area contributed by atoms with Crippen LogP contribution in [0.2, 0.25) is 36.3 Å². The number of rotatable bonds is 9. The average molecular weight is 473 g/mol. The molecule has 3 nitrogen and oxygen atoms in total. The maximum Gasteiger partial charge on any atom is 0.250 e. The van der Waals surface area contributed by atoms with Gasteiger partial charge in [0.25, 0.3) is 0 Å². The molecule has 0 fully saturated rings. The second-order valence-corrected chi connectivity index (χ2v) is 21.3. The predicted molar refractivity (Wildman–Crippen MR) is 143 cm³/mol. The summed E-state index contributed by atoms with van der Waals surface area (Å²) in [5, 5.41) is 0.442. The molecule has 0 amide bonds. The monoisotopic (exact) mass is 472 g/mol. The summed E-state index contributed by atoms with van der Waals surface area (Å²) in [7, 11) is -3.48. The van der Waals surface area contributed by atoms with Crippen LogP contribution in [0.3, 0.4) is 0 Å². The van der Waals surface area contributed by atoms with Crippen LogP contribution in [-0.2, 0) is 4.43 Å². The summed E-state index contributed by atoms with van der Waals surface area (Å²) in [5.74, 6) is 1.86. The van der Waals surface area contributed by atoms with Gasteiger partial charge in [0, 0.05) is 13.0 Å². The van der Waals surface area contributed by atoms with Crippen molar-refractivity contribution >= 4 is 16.6 Å². The van der Waals surface area contributed by atoms with Crippen molar-refractivity contribution in [3.8, 4) is 22.6 Å². The van der Waals surface area contributed by atoms with Gasteiger partial charge in [-0.05, 0) is 71.7 Å². The zero-order valence-electron chi connectivity index (χ0n) is 22.0. The first-order valence-corrected chi connectivity index (χ1v) is 17.6. The highest BCUT2D eigenvalue weighted by molar-refractivity contribution is 6.75. The highest BCUT2D eigenvalue weighted by Crippen LogP contribution is 2.38. The van der Waals surface area contributed by atoms with Gasteiger partial charge in [-0.25, -0.2) is 0 Å². The van der Waals surface area contributed by atoms with Crippen molar-refractivity contribution in [2.45, 2.75) is 84.2 Å². The standard InChI is InChI=1S/C27H44O3Si2/c1-26(2,3)31(7,8)29-21-11-20-28-24-16-12-22(13-17-24)23-14-18-25(19-15-23)30-32(9,10)27(4,5)6/h12-19H,11,20-21H2,1-10H3. The van der Waals surface area contributed by atoms with Crippen LogP contribution in [0.5, 0.6) is 11.5 Å². The third-order valence-corrected chi connectivity index (χ3v) is 15.9. The first-order chi connectivity index (χ1) is 14.6. The Morgan fingerprint density at radius 1 is 0.594 bits per heavy atom. The lowest BCUT2D eigenvalue weighted by Crippen LogP contribution is -2.43. The minimum Gasteiger partial charge on any atom is -0.544 e. The van der Waals surface area contributed by atoms with E-state index in [1.165, 1.54) is 11.1 Å². The molecule has 2 aromatic carbocycles. The Morgan fingerprint density at radius 3 is 1.47 bits per heavy atom. The van der Waals surface area contributed by atoms with Crippen molar-refractivity contribution in [3.05, 3.63) is 48.5 Å². The van der Waals surface area contributed by atoms with Gasteiger partial charge in [-0.3, -0.25) is 0 Å². The Balaban J connectivity index is 1.86. The molecule has 2 aromatic rings. The Morgan fingerprint density at radius 2 is 1.03 bits per heavy atom. The summed E-state index contributed by atoms with van der Waals surface area (Å²) in [5.41, 5.74) is 2.36. The van der Waals surface area contributed by atoms with Crippen LogP contribution < -0.4 is 9.16 Å². The van der Waals surface area contributed by atoms with Crippen LogP contribution in [0.15, 0.2) is 48.5 Å². The lowest BCUT2D eigenvalue weighted by atomic mass is 10.1. The quantitative estimate of drug-likeness (QED) is 0.270. The van der Waals surface area contributed by atoms with E-state index in [2.05, 4.69) is 104 Å². The molecule has 0 aliphatic heterocycles. The molecule has 0 heterocycles. The van der Waals surface area contributed by atoms with Crippen molar-refractivity contribution in [2.24, 2.45) is 0 Å². The summed E-state index contributed by atoms with van der Waals surface area (Å²) in [6, 6.07) is 16.8. The molecule has 178 valence electrons.